The van der Waals surface area contributed by atoms with Crippen LogP contribution in [0.25, 0.3) is 0 Å². The van der Waals surface area contributed by atoms with Crippen molar-refractivity contribution in [3.05, 3.63) is 64.7 Å². The number of nitrogens with one attached hydrogen (secondary N) is 1. The van der Waals surface area contributed by atoms with Crippen molar-refractivity contribution in [3.8, 4) is 5.75 Å². The molecule has 0 spiro atoms. The van der Waals surface area contributed by atoms with Crippen LogP contribution >= 0.6 is 11.6 Å². The Morgan fingerprint density at radius 1 is 1.13 bits per heavy atom. The molecule has 0 saturated carbocycles. The lowest BCUT2D eigenvalue weighted by Crippen LogP contribution is -2.38. The molecule has 0 aliphatic heterocycles. The van der Waals surface area contributed by atoms with E-state index >= 15 is 0 Å². The maximum Gasteiger partial charge on any atom is 0.261 e. The predicted octanol–water partition coefficient (Wildman–Crippen LogP) is 4.26. The quantitative estimate of drug-likeness (QED) is 0.883. The first-order chi connectivity index (χ1) is 10.9. The smallest absolute Gasteiger partial charge is 0.261 e. The first kappa shape index (κ1) is 17.2. The fourth-order valence-electron chi connectivity index (χ4n) is 2.03. The van der Waals surface area contributed by atoms with E-state index in [0.717, 1.165) is 12.1 Å². The van der Waals surface area contributed by atoms with E-state index < -0.39 is 29.7 Å². The number of hydrogen-bond donors (Lipinski definition) is 1. The molecule has 0 unspecified atom stereocenters. The first-order valence-electron chi connectivity index (χ1n) is 7.04. The van der Waals surface area contributed by atoms with Crippen LogP contribution in [0.5, 0.6) is 5.75 Å². The summed E-state index contributed by atoms with van der Waals surface area (Å²) in [5.74, 6) is -1.28. The summed E-state index contributed by atoms with van der Waals surface area (Å²) in [7, 11) is 0. The SMILES string of the molecule is C[C@H](Oc1ccc(Cl)cc1)C(=O)N[C@H](C)c1ccc(F)cc1F. The van der Waals surface area contributed by atoms with Gasteiger partial charge < -0.3 is 10.1 Å². The minimum absolute atomic E-state index is 0.207. The monoisotopic (exact) mass is 339 g/mol. The third kappa shape index (κ3) is 4.66. The molecule has 0 fully saturated rings. The zero-order valence-corrected chi connectivity index (χ0v) is 13.4. The molecular weight excluding hydrogens is 324 g/mol. The number of carbonyl (C=O) groups is 1. The van der Waals surface area contributed by atoms with E-state index in [1.807, 2.05) is 0 Å². The van der Waals surface area contributed by atoms with E-state index in [0.29, 0.717) is 10.8 Å². The van der Waals surface area contributed by atoms with E-state index in [-0.39, 0.29) is 5.56 Å². The van der Waals surface area contributed by atoms with E-state index in [1.165, 1.54) is 6.07 Å². The van der Waals surface area contributed by atoms with Crippen molar-refractivity contribution in [2.75, 3.05) is 0 Å². The molecule has 122 valence electrons. The summed E-state index contributed by atoms with van der Waals surface area (Å²) in [6, 6.07) is 9.22. The maximum atomic E-state index is 13.7. The van der Waals surface area contributed by atoms with Gasteiger partial charge in [-0.25, -0.2) is 8.78 Å². The molecule has 0 aliphatic rings. The Balaban J connectivity index is 1.98. The second-order valence-corrected chi connectivity index (χ2v) is 5.55. The average molecular weight is 340 g/mol. The lowest BCUT2D eigenvalue weighted by atomic mass is 10.1. The highest BCUT2D eigenvalue weighted by atomic mass is 35.5. The van der Waals surface area contributed by atoms with E-state index in [2.05, 4.69) is 5.32 Å². The number of rotatable bonds is 5. The highest BCUT2D eigenvalue weighted by molar-refractivity contribution is 6.30. The molecule has 0 saturated heterocycles. The van der Waals surface area contributed by atoms with E-state index in [1.54, 1.807) is 38.1 Å². The van der Waals surface area contributed by atoms with Crippen LogP contribution in [0.15, 0.2) is 42.5 Å². The molecule has 6 heteroatoms. The molecule has 2 rings (SSSR count). The van der Waals surface area contributed by atoms with Crippen LogP contribution < -0.4 is 10.1 Å². The summed E-state index contributed by atoms with van der Waals surface area (Å²) < 4.78 is 32.1. The normalized spacial score (nSPS) is 13.3. The molecule has 2 aromatic rings. The molecule has 0 aliphatic carbocycles. The van der Waals surface area contributed by atoms with Crippen LogP contribution in [0, 0.1) is 11.6 Å². The van der Waals surface area contributed by atoms with Gasteiger partial charge >= 0.3 is 0 Å². The summed E-state index contributed by atoms with van der Waals surface area (Å²) in [5, 5.41) is 3.20. The summed E-state index contributed by atoms with van der Waals surface area (Å²) >= 11 is 5.78. The topological polar surface area (TPSA) is 38.3 Å². The minimum Gasteiger partial charge on any atom is -0.481 e. The van der Waals surface area contributed by atoms with Crippen molar-refractivity contribution < 1.29 is 18.3 Å². The maximum absolute atomic E-state index is 13.7. The molecule has 1 amide bonds. The Labute approximate surface area is 138 Å². The van der Waals surface area contributed by atoms with Crippen LogP contribution in [0.2, 0.25) is 5.02 Å². The molecule has 2 atom stereocenters. The predicted molar refractivity (Wildman–Crippen MR) is 84.5 cm³/mol. The Morgan fingerprint density at radius 3 is 2.39 bits per heavy atom. The van der Waals surface area contributed by atoms with Gasteiger partial charge in [0.05, 0.1) is 6.04 Å². The third-order valence-corrected chi connectivity index (χ3v) is 3.54. The second kappa shape index (κ2) is 7.42. The molecule has 3 nitrogen and oxygen atoms in total. The van der Waals surface area contributed by atoms with Gasteiger partial charge in [0.15, 0.2) is 6.10 Å². The van der Waals surface area contributed by atoms with Crippen LogP contribution in [-0.2, 0) is 4.79 Å². The Bertz CT molecular complexity index is 691. The van der Waals surface area contributed by atoms with Gasteiger partial charge in [-0.2, -0.15) is 0 Å². The molecule has 2 aromatic carbocycles. The van der Waals surface area contributed by atoms with E-state index in [4.69, 9.17) is 16.3 Å². The fraction of sp³-hybridized carbons (Fsp3) is 0.235. The molecule has 1 N–H and O–H groups in total. The Hall–Kier alpha value is -2.14. The summed E-state index contributed by atoms with van der Waals surface area (Å²) in [4.78, 5) is 12.1. The van der Waals surface area contributed by atoms with Crippen LogP contribution in [0.4, 0.5) is 8.78 Å². The largest absolute Gasteiger partial charge is 0.481 e. The molecule has 0 aromatic heterocycles. The number of amides is 1. The van der Waals surface area contributed by atoms with Gasteiger partial charge in [0.2, 0.25) is 0 Å². The lowest BCUT2D eigenvalue weighted by Gasteiger charge is -2.19. The van der Waals surface area contributed by atoms with Gasteiger partial charge in [-0.05, 0) is 44.2 Å². The van der Waals surface area contributed by atoms with E-state index in [9.17, 15) is 13.6 Å². The van der Waals surface area contributed by atoms with Crippen LogP contribution in [-0.4, -0.2) is 12.0 Å². The Morgan fingerprint density at radius 2 is 1.78 bits per heavy atom. The molecule has 0 radical (unpaired) electrons. The van der Waals surface area contributed by atoms with Gasteiger partial charge in [-0.3, -0.25) is 4.79 Å². The summed E-state index contributed by atoms with van der Waals surface area (Å²) in [6.07, 6.45) is -0.776. The standard InChI is InChI=1S/C17H16ClF2NO2/c1-10(15-8-5-13(19)9-16(15)20)21-17(22)11(2)23-14-6-3-12(18)4-7-14/h3-11H,1-2H3,(H,21,22)/t10-,11+/m1/s1. The van der Waals surface area contributed by atoms with Crippen LogP contribution in [0.1, 0.15) is 25.5 Å². The molecule has 0 bridgehead atoms. The van der Waals surface area contributed by atoms with Gasteiger partial charge in [-0.15, -0.1) is 0 Å². The van der Waals surface area contributed by atoms with Gasteiger partial charge in [0, 0.05) is 16.7 Å². The third-order valence-electron chi connectivity index (χ3n) is 3.28. The average Bonchev–Trinajstić information content (AvgIpc) is 2.49. The second-order valence-electron chi connectivity index (χ2n) is 5.11. The van der Waals surface area contributed by atoms with Crippen molar-refractivity contribution in [3.63, 3.8) is 0 Å². The summed E-state index contributed by atoms with van der Waals surface area (Å²) in [5.41, 5.74) is 0.207. The van der Waals surface area contributed by atoms with Crippen molar-refractivity contribution >= 4 is 17.5 Å². The number of ether oxygens (including phenoxy) is 1. The highest BCUT2D eigenvalue weighted by Crippen LogP contribution is 2.19. The van der Waals surface area contributed by atoms with Gasteiger partial charge in [-0.1, -0.05) is 17.7 Å². The molecule has 23 heavy (non-hydrogen) atoms. The van der Waals surface area contributed by atoms with Gasteiger partial charge in [0.25, 0.3) is 5.91 Å². The Kier molecular flexibility index (Phi) is 5.55. The van der Waals surface area contributed by atoms with Gasteiger partial charge in [0.1, 0.15) is 17.4 Å². The molecular formula is C17H16ClF2NO2. The van der Waals surface area contributed by atoms with Crippen molar-refractivity contribution in [1.82, 2.24) is 5.32 Å². The zero-order chi connectivity index (χ0) is 17.0. The van der Waals surface area contributed by atoms with Crippen molar-refractivity contribution in [2.45, 2.75) is 26.0 Å². The number of benzene rings is 2. The fourth-order valence-corrected chi connectivity index (χ4v) is 2.16. The number of carbonyl (C=O) groups excluding carboxylic acids is 1. The van der Waals surface area contributed by atoms with Crippen LogP contribution in [0.3, 0.4) is 0 Å². The lowest BCUT2D eigenvalue weighted by molar-refractivity contribution is -0.127. The highest BCUT2D eigenvalue weighted by Gasteiger charge is 2.19. The zero-order valence-electron chi connectivity index (χ0n) is 12.6. The minimum atomic E-state index is -0.776. The van der Waals surface area contributed by atoms with Crippen molar-refractivity contribution in [2.24, 2.45) is 0 Å². The summed E-state index contributed by atoms with van der Waals surface area (Å²) in [6.45, 7) is 3.20. The number of hydrogen-bond acceptors (Lipinski definition) is 2. The molecule has 0 heterocycles. The number of halogens is 3. The van der Waals surface area contributed by atoms with Crippen molar-refractivity contribution in [1.29, 1.82) is 0 Å². The first-order valence-corrected chi connectivity index (χ1v) is 7.42.